The van der Waals surface area contributed by atoms with Crippen LogP contribution in [0.25, 0.3) is 21.6 Å². The molecule has 2 aromatic heterocycles. The number of methoxy groups -OCH3 is 1. The molecule has 0 fully saturated rings. The summed E-state index contributed by atoms with van der Waals surface area (Å²) in [7, 11) is 1.54. The van der Waals surface area contributed by atoms with E-state index >= 15 is 0 Å². The molecule has 0 amide bonds. The molecule has 0 aliphatic carbocycles. The molecule has 0 saturated heterocycles. The number of rotatable bonds is 4. The van der Waals surface area contributed by atoms with Crippen LogP contribution in [0.3, 0.4) is 0 Å². The first-order chi connectivity index (χ1) is 10.6. The van der Waals surface area contributed by atoms with Gasteiger partial charge < -0.3 is 14.3 Å². The predicted molar refractivity (Wildman–Crippen MR) is 83.7 cm³/mol. The van der Waals surface area contributed by atoms with E-state index in [2.05, 4.69) is 0 Å². The number of hydrogen-bond donors (Lipinski definition) is 1. The quantitative estimate of drug-likeness (QED) is 0.800. The minimum Gasteiger partial charge on any atom is -0.495 e. The summed E-state index contributed by atoms with van der Waals surface area (Å²) in [6, 6.07) is 8.12. The summed E-state index contributed by atoms with van der Waals surface area (Å²) >= 11 is 1.39. The van der Waals surface area contributed by atoms with Crippen molar-refractivity contribution in [1.29, 1.82) is 0 Å². The molecule has 5 nitrogen and oxygen atoms in total. The molecule has 22 heavy (non-hydrogen) atoms. The molecule has 1 aromatic carbocycles. The largest absolute Gasteiger partial charge is 0.495 e. The Morgan fingerprint density at radius 1 is 1.36 bits per heavy atom. The number of carbonyl (C=O) groups is 1. The summed E-state index contributed by atoms with van der Waals surface area (Å²) in [5.74, 6) is 0.0136. The monoisotopic (exact) mass is 316 g/mol. The molecule has 0 aliphatic heterocycles. The van der Waals surface area contributed by atoms with Gasteiger partial charge in [0.05, 0.1) is 18.9 Å². The summed E-state index contributed by atoms with van der Waals surface area (Å²) in [5, 5.41) is 11.2. The maximum Gasteiger partial charge on any atom is 0.307 e. The summed E-state index contributed by atoms with van der Waals surface area (Å²) in [4.78, 5) is 24.0. The van der Waals surface area contributed by atoms with Crippen molar-refractivity contribution in [3.63, 3.8) is 0 Å². The lowest BCUT2D eigenvalue weighted by Crippen LogP contribution is -2.05. The van der Waals surface area contributed by atoms with E-state index in [-0.39, 0.29) is 11.8 Å². The zero-order valence-electron chi connectivity index (χ0n) is 11.7. The average molecular weight is 316 g/mol. The van der Waals surface area contributed by atoms with Gasteiger partial charge in [-0.05, 0) is 17.5 Å². The van der Waals surface area contributed by atoms with Crippen molar-refractivity contribution in [3.05, 3.63) is 51.5 Å². The Labute approximate surface area is 129 Å². The van der Waals surface area contributed by atoms with Gasteiger partial charge in [-0.1, -0.05) is 12.1 Å². The van der Waals surface area contributed by atoms with Gasteiger partial charge in [0.25, 0.3) is 0 Å². The van der Waals surface area contributed by atoms with E-state index in [9.17, 15) is 9.59 Å². The Morgan fingerprint density at radius 3 is 2.91 bits per heavy atom. The lowest BCUT2D eigenvalue weighted by Gasteiger charge is -2.06. The highest BCUT2D eigenvalue weighted by Crippen LogP contribution is 2.36. The third kappa shape index (κ3) is 2.48. The van der Waals surface area contributed by atoms with Gasteiger partial charge in [-0.2, -0.15) is 0 Å². The fourth-order valence-corrected chi connectivity index (χ4v) is 3.10. The molecule has 0 saturated carbocycles. The first-order valence-electron chi connectivity index (χ1n) is 6.49. The van der Waals surface area contributed by atoms with Gasteiger partial charge in [-0.15, -0.1) is 11.3 Å². The van der Waals surface area contributed by atoms with E-state index < -0.39 is 5.97 Å². The Balaban J connectivity index is 2.26. The van der Waals surface area contributed by atoms with Crippen LogP contribution in [0.1, 0.15) is 5.56 Å². The zero-order chi connectivity index (χ0) is 15.7. The molecule has 2 heterocycles. The molecule has 1 N–H and O–H groups in total. The smallest absolute Gasteiger partial charge is 0.307 e. The summed E-state index contributed by atoms with van der Waals surface area (Å²) < 4.78 is 11.1. The minimum atomic E-state index is -0.978. The molecule has 0 bridgehead atoms. The second-order valence-corrected chi connectivity index (χ2v) is 5.57. The van der Waals surface area contributed by atoms with Gasteiger partial charge in [0.15, 0.2) is 11.2 Å². The van der Waals surface area contributed by atoms with Crippen LogP contribution in [0.2, 0.25) is 0 Å². The second-order valence-electron chi connectivity index (χ2n) is 4.66. The van der Waals surface area contributed by atoms with Crippen molar-refractivity contribution < 1.29 is 19.1 Å². The number of para-hydroxylation sites is 1. The second kappa shape index (κ2) is 5.65. The van der Waals surface area contributed by atoms with Crippen molar-refractivity contribution in [3.8, 4) is 16.4 Å². The van der Waals surface area contributed by atoms with Gasteiger partial charge in [0.2, 0.25) is 0 Å². The number of ether oxygens (including phenoxy) is 1. The standard InChI is InChI=1S/C16H12O5S/c1-20-12-5-6-22-16(12)13-8-11(17)10-4-2-3-9(7-14(18)19)15(10)21-13/h2-6,8H,7H2,1H3,(H,18,19). The van der Waals surface area contributed by atoms with Crippen LogP contribution in [0.4, 0.5) is 0 Å². The van der Waals surface area contributed by atoms with Crippen LogP contribution in [-0.2, 0) is 11.2 Å². The molecule has 0 atom stereocenters. The van der Waals surface area contributed by atoms with E-state index in [1.807, 2.05) is 5.38 Å². The van der Waals surface area contributed by atoms with Gasteiger partial charge in [-0.3, -0.25) is 9.59 Å². The van der Waals surface area contributed by atoms with E-state index in [1.165, 1.54) is 17.4 Å². The molecular formula is C16H12O5S. The first-order valence-corrected chi connectivity index (χ1v) is 7.37. The molecule has 6 heteroatoms. The van der Waals surface area contributed by atoms with Crippen LogP contribution in [0.15, 0.2) is 44.9 Å². The third-order valence-electron chi connectivity index (χ3n) is 3.25. The van der Waals surface area contributed by atoms with Crippen LogP contribution < -0.4 is 10.2 Å². The Hall–Kier alpha value is -2.60. The van der Waals surface area contributed by atoms with Crippen molar-refractivity contribution >= 4 is 28.3 Å². The number of aliphatic carboxylic acids is 1. The molecule has 0 unspecified atom stereocenters. The summed E-state index contributed by atoms with van der Waals surface area (Å²) in [5.41, 5.74) is 0.571. The molecule has 112 valence electrons. The van der Waals surface area contributed by atoms with E-state index in [0.717, 1.165) is 0 Å². The SMILES string of the molecule is COc1ccsc1-c1cc(=O)c2cccc(CC(=O)O)c2o1. The Morgan fingerprint density at radius 2 is 2.18 bits per heavy atom. The summed E-state index contributed by atoms with van der Waals surface area (Å²) in [6.07, 6.45) is -0.203. The maximum atomic E-state index is 12.3. The fourth-order valence-electron chi connectivity index (χ4n) is 2.29. The minimum absolute atomic E-state index is 0.203. The predicted octanol–water partition coefficient (Wildman–Crippen LogP) is 3.16. The molecule has 0 radical (unpaired) electrons. The van der Waals surface area contributed by atoms with E-state index in [4.69, 9.17) is 14.3 Å². The lowest BCUT2D eigenvalue weighted by molar-refractivity contribution is -0.136. The van der Waals surface area contributed by atoms with E-state index in [0.29, 0.717) is 32.9 Å². The topological polar surface area (TPSA) is 76.7 Å². The van der Waals surface area contributed by atoms with Gasteiger partial charge in [-0.25, -0.2) is 0 Å². The van der Waals surface area contributed by atoms with Gasteiger partial charge in [0, 0.05) is 11.6 Å². The van der Waals surface area contributed by atoms with Crippen LogP contribution >= 0.6 is 11.3 Å². The van der Waals surface area contributed by atoms with Crippen molar-refractivity contribution in [2.45, 2.75) is 6.42 Å². The van der Waals surface area contributed by atoms with Gasteiger partial charge >= 0.3 is 5.97 Å². The number of benzene rings is 1. The average Bonchev–Trinajstić information content (AvgIpc) is 2.96. The third-order valence-corrected chi connectivity index (χ3v) is 4.16. The summed E-state index contributed by atoms with van der Waals surface area (Å²) in [6.45, 7) is 0. The lowest BCUT2D eigenvalue weighted by atomic mass is 10.1. The molecular weight excluding hydrogens is 304 g/mol. The number of carboxylic acids is 1. The van der Waals surface area contributed by atoms with Crippen LogP contribution in [0.5, 0.6) is 5.75 Å². The highest BCUT2D eigenvalue weighted by molar-refractivity contribution is 7.13. The normalized spacial score (nSPS) is 10.8. The zero-order valence-corrected chi connectivity index (χ0v) is 12.5. The highest BCUT2D eigenvalue weighted by atomic mass is 32.1. The Bertz CT molecular complexity index is 906. The van der Waals surface area contributed by atoms with Crippen LogP contribution in [0, 0.1) is 0 Å². The van der Waals surface area contributed by atoms with Gasteiger partial charge in [0.1, 0.15) is 16.2 Å². The number of carboxylic acid groups (broad SMARTS) is 1. The molecule has 3 aromatic rings. The van der Waals surface area contributed by atoms with Crippen molar-refractivity contribution in [2.24, 2.45) is 0 Å². The molecule has 0 spiro atoms. The van der Waals surface area contributed by atoms with Crippen LogP contribution in [-0.4, -0.2) is 18.2 Å². The highest BCUT2D eigenvalue weighted by Gasteiger charge is 2.15. The van der Waals surface area contributed by atoms with Crippen molar-refractivity contribution in [1.82, 2.24) is 0 Å². The maximum absolute atomic E-state index is 12.3. The van der Waals surface area contributed by atoms with E-state index in [1.54, 1.807) is 31.4 Å². The number of thiophene rings is 1. The van der Waals surface area contributed by atoms with Crippen molar-refractivity contribution in [2.75, 3.05) is 7.11 Å². The number of hydrogen-bond acceptors (Lipinski definition) is 5. The Kier molecular flexibility index (Phi) is 3.68. The first kappa shape index (κ1) is 14.3. The fraction of sp³-hybridized carbons (Fsp3) is 0.125. The molecule has 0 aliphatic rings. The number of fused-ring (bicyclic) bond motifs is 1. The molecule has 3 rings (SSSR count).